The fourth-order valence-corrected chi connectivity index (χ4v) is 7.00. The van der Waals surface area contributed by atoms with Crippen molar-refractivity contribution in [2.45, 2.75) is 245 Å². The van der Waals surface area contributed by atoms with Gasteiger partial charge in [0.05, 0.1) is 6.61 Å². The van der Waals surface area contributed by atoms with E-state index in [0.29, 0.717) is 12.8 Å². The zero-order valence-electron chi connectivity index (χ0n) is 38.7. The van der Waals surface area contributed by atoms with Gasteiger partial charge in [-0.05, 0) is 77.0 Å². The van der Waals surface area contributed by atoms with Gasteiger partial charge in [-0.25, -0.2) is 0 Å². The number of aliphatic hydroxyl groups is 1. The number of esters is 2. The number of carbonyl (C=O) groups excluding carboxylic acids is 2. The number of ether oxygens (including phenoxy) is 2. The average Bonchev–Trinajstić information content (AvgIpc) is 3.24. The third-order valence-electron chi connectivity index (χ3n) is 10.7. The van der Waals surface area contributed by atoms with Crippen molar-refractivity contribution in [2.24, 2.45) is 0 Å². The smallest absolute Gasteiger partial charge is 0.306 e. The van der Waals surface area contributed by atoms with Gasteiger partial charge in [-0.3, -0.25) is 9.59 Å². The maximum Gasteiger partial charge on any atom is 0.306 e. The molecule has 0 rings (SSSR count). The van der Waals surface area contributed by atoms with E-state index in [9.17, 15) is 14.7 Å². The van der Waals surface area contributed by atoms with Gasteiger partial charge in [-0.2, -0.15) is 0 Å². The minimum absolute atomic E-state index is 0.0696. The highest BCUT2D eigenvalue weighted by Gasteiger charge is 2.16. The number of rotatable bonds is 45. The molecule has 0 saturated carbocycles. The van der Waals surface area contributed by atoms with Crippen molar-refractivity contribution in [3.05, 3.63) is 72.9 Å². The molecule has 1 unspecified atom stereocenters. The Labute approximate surface area is 365 Å². The molecule has 0 bridgehead atoms. The van der Waals surface area contributed by atoms with Gasteiger partial charge in [0.2, 0.25) is 0 Å². The standard InChI is InChI=1S/C54H94O5/c1-3-5-7-9-11-13-15-16-17-18-19-20-21-22-23-24-25-26-27-28-29-30-31-32-33-34-35-36-37-38-39-41-43-45-47-49-54(57)59-52(50-55)51-58-53(56)48-46-44-42-40-14-12-10-8-6-4-2/h5,7-8,10-11,13,16-17,19-20,22-23,52,55H,3-4,6,9,12,14-15,18,21,24-51H2,1-2H3/b7-5-,10-8-,13-11-,17-16-,20-19-,23-22-. The highest BCUT2D eigenvalue weighted by molar-refractivity contribution is 5.70. The fourth-order valence-electron chi connectivity index (χ4n) is 7.00. The first-order chi connectivity index (χ1) is 29.1. The molecule has 0 radical (unpaired) electrons. The zero-order chi connectivity index (χ0) is 42.8. The van der Waals surface area contributed by atoms with Crippen LogP contribution in [0.15, 0.2) is 72.9 Å². The summed E-state index contributed by atoms with van der Waals surface area (Å²) >= 11 is 0. The van der Waals surface area contributed by atoms with Crippen molar-refractivity contribution in [2.75, 3.05) is 13.2 Å². The Bertz CT molecular complexity index is 1070. The second-order valence-corrected chi connectivity index (χ2v) is 16.5. The molecule has 0 aliphatic rings. The topological polar surface area (TPSA) is 72.8 Å². The summed E-state index contributed by atoms with van der Waals surface area (Å²) in [5.41, 5.74) is 0. The third kappa shape index (κ3) is 47.9. The maximum absolute atomic E-state index is 12.2. The highest BCUT2D eigenvalue weighted by Crippen LogP contribution is 2.16. The van der Waals surface area contributed by atoms with Gasteiger partial charge < -0.3 is 14.6 Å². The van der Waals surface area contributed by atoms with Gasteiger partial charge >= 0.3 is 11.9 Å². The molecule has 1 N–H and O–H groups in total. The molecule has 0 amide bonds. The molecule has 0 aromatic rings. The Morgan fingerprint density at radius 1 is 0.407 bits per heavy atom. The lowest BCUT2D eigenvalue weighted by molar-refractivity contribution is -0.161. The van der Waals surface area contributed by atoms with Crippen LogP contribution in [-0.4, -0.2) is 36.4 Å². The second kappa shape index (κ2) is 49.7. The first kappa shape index (κ1) is 56.3. The van der Waals surface area contributed by atoms with Crippen LogP contribution in [0, 0.1) is 0 Å². The van der Waals surface area contributed by atoms with Crippen molar-refractivity contribution in [1.29, 1.82) is 0 Å². The fraction of sp³-hybridized carbons (Fsp3) is 0.741. The van der Waals surface area contributed by atoms with Crippen LogP contribution in [0.2, 0.25) is 0 Å². The molecule has 0 aromatic carbocycles. The number of hydrogen-bond acceptors (Lipinski definition) is 5. The Balaban J connectivity index is 3.43. The molecular formula is C54H94O5. The molecule has 340 valence electrons. The molecule has 0 fully saturated rings. The molecular weight excluding hydrogens is 729 g/mol. The molecule has 0 aromatic heterocycles. The Kier molecular flexibility index (Phi) is 47.5. The zero-order valence-corrected chi connectivity index (χ0v) is 38.7. The van der Waals surface area contributed by atoms with Crippen molar-refractivity contribution < 1.29 is 24.2 Å². The molecule has 0 heterocycles. The minimum atomic E-state index is -0.774. The number of carbonyl (C=O) groups is 2. The molecule has 0 saturated heterocycles. The summed E-state index contributed by atoms with van der Waals surface area (Å²) in [5.74, 6) is -0.599. The molecule has 0 aliphatic heterocycles. The summed E-state index contributed by atoms with van der Waals surface area (Å²) in [6.07, 6.45) is 67.3. The van der Waals surface area contributed by atoms with Gasteiger partial charge in [0, 0.05) is 12.8 Å². The summed E-state index contributed by atoms with van der Waals surface area (Å²) in [6, 6.07) is 0. The van der Waals surface area contributed by atoms with Gasteiger partial charge in [-0.1, -0.05) is 222 Å². The third-order valence-corrected chi connectivity index (χ3v) is 10.7. The summed E-state index contributed by atoms with van der Waals surface area (Å²) < 4.78 is 10.6. The number of allylic oxidation sites excluding steroid dienone is 12. The van der Waals surface area contributed by atoms with Crippen LogP contribution in [0.25, 0.3) is 0 Å². The predicted octanol–water partition coefficient (Wildman–Crippen LogP) is 16.5. The molecule has 59 heavy (non-hydrogen) atoms. The number of hydrogen-bond donors (Lipinski definition) is 1. The number of aliphatic hydroxyl groups excluding tert-OH is 1. The predicted molar refractivity (Wildman–Crippen MR) is 256 cm³/mol. The van der Waals surface area contributed by atoms with Crippen LogP contribution in [0.4, 0.5) is 0 Å². The van der Waals surface area contributed by atoms with Crippen LogP contribution in [0.5, 0.6) is 0 Å². The Morgan fingerprint density at radius 2 is 0.729 bits per heavy atom. The lowest BCUT2D eigenvalue weighted by Crippen LogP contribution is -2.28. The van der Waals surface area contributed by atoms with E-state index in [1.165, 1.54) is 128 Å². The van der Waals surface area contributed by atoms with Gasteiger partial charge in [-0.15, -0.1) is 0 Å². The lowest BCUT2D eigenvalue weighted by atomic mass is 10.0. The van der Waals surface area contributed by atoms with Crippen LogP contribution >= 0.6 is 0 Å². The first-order valence-corrected chi connectivity index (χ1v) is 25.0. The quantitative estimate of drug-likeness (QED) is 0.0376. The second-order valence-electron chi connectivity index (χ2n) is 16.5. The van der Waals surface area contributed by atoms with E-state index in [1.54, 1.807) is 0 Å². The monoisotopic (exact) mass is 823 g/mol. The Hall–Kier alpha value is -2.66. The van der Waals surface area contributed by atoms with E-state index < -0.39 is 6.10 Å². The summed E-state index contributed by atoms with van der Waals surface area (Å²) in [6.45, 7) is 3.96. The largest absolute Gasteiger partial charge is 0.462 e. The van der Waals surface area contributed by atoms with Crippen LogP contribution in [-0.2, 0) is 19.1 Å². The Morgan fingerprint density at radius 3 is 1.12 bits per heavy atom. The normalized spacial score (nSPS) is 12.8. The van der Waals surface area contributed by atoms with Crippen LogP contribution < -0.4 is 0 Å². The lowest BCUT2D eigenvalue weighted by Gasteiger charge is -2.15. The number of unbranched alkanes of at least 4 members (excludes halogenated alkanes) is 25. The SMILES string of the molecule is CC/C=C\C/C=C\C/C=C\C/C=C\C/C=C\CCCCCCCCCCCCCCCCCCCCCC(=O)OC(CO)COC(=O)CCCCCCC/C=C\CCC. The van der Waals surface area contributed by atoms with Gasteiger partial charge in [0.25, 0.3) is 0 Å². The van der Waals surface area contributed by atoms with E-state index in [2.05, 4.69) is 86.8 Å². The van der Waals surface area contributed by atoms with Crippen molar-refractivity contribution in [1.82, 2.24) is 0 Å². The minimum Gasteiger partial charge on any atom is -0.462 e. The van der Waals surface area contributed by atoms with Crippen molar-refractivity contribution in [3.8, 4) is 0 Å². The molecule has 0 spiro atoms. The van der Waals surface area contributed by atoms with Crippen LogP contribution in [0.3, 0.4) is 0 Å². The van der Waals surface area contributed by atoms with E-state index in [1.807, 2.05) is 0 Å². The van der Waals surface area contributed by atoms with E-state index >= 15 is 0 Å². The molecule has 1 atom stereocenters. The van der Waals surface area contributed by atoms with Gasteiger partial charge in [0.1, 0.15) is 6.61 Å². The molecule has 5 nitrogen and oxygen atoms in total. The molecule has 5 heteroatoms. The highest BCUT2D eigenvalue weighted by atomic mass is 16.6. The summed E-state index contributed by atoms with van der Waals surface area (Å²) in [7, 11) is 0. The van der Waals surface area contributed by atoms with Crippen molar-refractivity contribution in [3.63, 3.8) is 0 Å². The molecule has 0 aliphatic carbocycles. The summed E-state index contributed by atoms with van der Waals surface area (Å²) in [5, 5.41) is 9.57. The maximum atomic E-state index is 12.2. The van der Waals surface area contributed by atoms with Gasteiger partial charge in [0.15, 0.2) is 6.10 Å². The first-order valence-electron chi connectivity index (χ1n) is 25.0. The van der Waals surface area contributed by atoms with E-state index in [0.717, 1.165) is 83.5 Å². The summed E-state index contributed by atoms with van der Waals surface area (Å²) in [4.78, 5) is 24.3. The average molecular weight is 823 g/mol. The van der Waals surface area contributed by atoms with Crippen molar-refractivity contribution >= 4 is 11.9 Å². The van der Waals surface area contributed by atoms with E-state index in [4.69, 9.17) is 9.47 Å². The van der Waals surface area contributed by atoms with E-state index in [-0.39, 0.29) is 25.2 Å². The van der Waals surface area contributed by atoms with Crippen LogP contribution in [0.1, 0.15) is 239 Å².